The van der Waals surface area contributed by atoms with Crippen LogP contribution in [0, 0.1) is 0 Å². The molecular formula is C14H18O6. The lowest BCUT2D eigenvalue weighted by Gasteiger charge is -2.16. The summed E-state index contributed by atoms with van der Waals surface area (Å²) in [6, 6.07) is 0. The molecule has 0 fully saturated rings. The quantitative estimate of drug-likeness (QED) is 0.452. The average molecular weight is 282 g/mol. The monoisotopic (exact) mass is 282 g/mol. The number of carboxylic acids is 1. The van der Waals surface area contributed by atoms with E-state index in [1.807, 2.05) is 0 Å². The normalized spacial score (nSPS) is 14.7. The van der Waals surface area contributed by atoms with Crippen molar-refractivity contribution in [1.82, 2.24) is 0 Å². The van der Waals surface area contributed by atoms with Crippen molar-refractivity contribution in [2.75, 3.05) is 13.2 Å². The highest BCUT2D eigenvalue weighted by Crippen LogP contribution is 2.25. The first-order valence-electron chi connectivity index (χ1n) is 6.38. The highest BCUT2D eigenvalue weighted by Gasteiger charge is 2.24. The van der Waals surface area contributed by atoms with E-state index >= 15 is 0 Å². The van der Waals surface area contributed by atoms with Crippen molar-refractivity contribution in [3.05, 3.63) is 23.3 Å². The van der Waals surface area contributed by atoms with Gasteiger partial charge in [-0.25, -0.2) is 14.4 Å². The van der Waals surface area contributed by atoms with Crippen molar-refractivity contribution >= 4 is 17.9 Å². The van der Waals surface area contributed by atoms with Crippen molar-refractivity contribution in [3.63, 3.8) is 0 Å². The largest absolute Gasteiger partial charge is 0.478 e. The zero-order valence-electron chi connectivity index (χ0n) is 11.4. The minimum Gasteiger partial charge on any atom is -0.478 e. The first-order valence-corrected chi connectivity index (χ1v) is 6.38. The fraction of sp³-hybridized carbons (Fsp3) is 0.500. The molecule has 0 aliphatic heterocycles. The number of carbonyl (C=O) groups excluding carboxylic acids is 2. The number of carbonyl (C=O) groups is 3. The second-order valence-electron chi connectivity index (χ2n) is 4.52. The number of hydrogen-bond donors (Lipinski definition) is 1. The molecule has 1 aliphatic carbocycles. The number of esters is 2. The Morgan fingerprint density at radius 2 is 1.65 bits per heavy atom. The van der Waals surface area contributed by atoms with Gasteiger partial charge in [0.1, 0.15) is 13.2 Å². The second kappa shape index (κ2) is 7.47. The van der Waals surface area contributed by atoms with Crippen LogP contribution in [0.5, 0.6) is 0 Å². The number of hydrogen-bond acceptors (Lipinski definition) is 5. The van der Waals surface area contributed by atoms with Gasteiger partial charge in [0.05, 0.1) is 0 Å². The Balaban J connectivity index is 2.48. The fourth-order valence-corrected chi connectivity index (χ4v) is 1.85. The van der Waals surface area contributed by atoms with Crippen LogP contribution in [0.2, 0.25) is 0 Å². The lowest BCUT2D eigenvalue weighted by atomic mass is 9.92. The first kappa shape index (κ1) is 15.9. The van der Waals surface area contributed by atoms with E-state index in [-0.39, 0.29) is 29.9 Å². The van der Waals surface area contributed by atoms with Crippen LogP contribution in [-0.4, -0.2) is 36.2 Å². The topological polar surface area (TPSA) is 89.9 Å². The molecule has 0 amide bonds. The predicted molar refractivity (Wildman–Crippen MR) is 69.9 cm³/mol. The van der Waals surface area contributed by atoms with Crippen molar-refractivity contribution < 1.29 is 29.0 Å². The van der Waals surface area contributed by atoms with E-state index in [0.29, 0.717) is 12.8 Å². The summed E-state index contributed by atoms with van der Waals surface area (Å²) in [6.45, 7) is 4.75. The molecule has 0 spiro atoms. The maximum atomic E-state index is 11.8. The van der Waals surface area contributed by atoms with Gasteiger partial charge < -0.3 is 14.6 Å². The van der Waals surface area contributed by atoms with Crippen molar-refractivity contribution in [3.8, 4) is 0 Å². The van der Waals surface area contributed by atoms with E-state index in [2.05, 4.69) is 6.58 Å². The molecule has 0 bridgehead atoms. The molecule has 20 heavy (non-hydrogen) atoms. The third-order valence-corrected chi connectivity index (χ3v) is 2.87. The average Bonchev–Trinajstić information content (AvgIpc) is 2.42. The van der Waals surface area contributed by atoms with Gasteiger partial charge in [0, 0.05) is 16.7 Å². The highest BCUT2D eigenvalue weighted by atomic mass is 16.6. The lowest BCUT2D eigenvalue weighted by molar-refractivity contribution is -0.147. The van der Waals surface area contributed by atoms with Crippen molar-refractivity contribution in [1.29, 1.82) is 0 Å². The Labute approximate surface area is 117 Å². The molecule has 0 heterocycles. The van der Waals surface area contributed by atoms with Crippen molar-refractivity contribution in [2.24, 2.45) is 0 Å². The first-order chi connectivity index (χ1) is 9.43. The lowest BCUT2D eigenvalue weighted by Crippen LogP contribution is -2.20. The fourth-order valence-electron chi connectivity index (χ4n) is 1.85. The van der Waals surface area contributed by atoms with Gasteiger partial charge in [0.15, 0.2) is 0 Å². The molecule has 0 atom stereocenters. The van der Waals surface area contributed by atoms with Gasteiger partial charge in [0.25, 0.3) is 0 Å². The molecule has 0 unspecified atom stereocenters. The summed E-state index contributed by atoms with van der Waals surface area (Å²) in [5.74, 6) is -2.28. The van der Waals surface area contributed by atoms with Crippen molar-refractivity contribution in [2.45, 2.75) is 32.6 Å². The highest BCUT2D eigenvalue weighted by molar-refractivity contribution is 5.99. The Hall–Kier alpha value is -2.11. The zero-order chi connectivity index (χ0) is 15.1. The minimum atomic E-state index is -1.08. The van der Waals surface area contributed by atoms with Gasteiger partial charge in [-0.3, -0.25) is 0 Å². The molecular weight excluding hydrogens is 264 g/mol. The molecule has 0 aromatic carbocycles. The van der Waals surface area contributed by atoms with Crippen LogP contribution in [0.4, 0.5) is 0 Å². The summed E-state index contributed by atoms with van der Waals surface area (Å²) in [5.41, 5.74) is 0.606. The standard InChI is InChI=1S/C14H18O6/c1-9(2)13(17)19-7-8-20-14(18)11-6-4-3-5-10(11)12(15)16/h1,3-8H2,2H3,(H,15,16). The molecule has 0 saturated heterocycles. The number of rotatable bonds is 6. The summed E-state index contributed by atoms with van der Waals surface area (Å²) in [4.78, 5) is 33.9. The molecule has 6 nitrogen and oxygen atoms in total. The predicted octanol–water partition coefficient (Wildman–Crippen LogP) is 1.60. The molecule has 110 valence electrons. The molecule has 1 N–H and O–H groups in total. The molecule has 0 aromatic rings. The molecule has 0 saturated carbocycles. The smallest absolute Gasteiger partial charge is 0.334 e. The van der Waals surface area contributed by atoms with E-state index in [4.69, 9.17) is 14.6 Å². The SMILES string of the molecule is C=C(C)C(=O)OCCOC(=O)C1=C(C(=O)O)CCCC1. The number of carboxylic acid groups (broad SMARTS) is 1. The number of aliphatic carboxylic acids is 1. The third-order valence-electron chi connectivity index (χ3n) is 2.87. The van der Waals surface area contributed by atoms with Crippen LogP contribution in [0.3, 0.4) is 0 Å². The van der Waals surface area contributed by atoms with Gasteiger partial charge in [-0.15, -0.1) is 0 Å². The van der Waals surface area contributed by atoms with Crippen LogP contribution < -0.4 is 0 Å². The van der Waals surface area contributed by atoms with Crippen LogP contribution >= 0.6 is 0 Å². The summed E-state index contributed by atoms with van der Waals surface area (Å²) < 4.78 is 9.69. The van der Waals surface area contributed by atoms with Crippen LogP contribution in [0.25, 0.3) is 0 Å². The van der Waals surface area contributed by atoms with Gasteiger partial charge in [-0.05, 0) is 32.6 Å². The van der Waals surface area contributed by atoms with Gasteiger partial charge >= 0.3 is 17.9 Å². The summed E-state index contributed by atoms with van der Waals surface area (Å²) >= 11 is 0. The Morgan fingerprint density at radius 1 is 1.10 bits per heavy atom. The summed E-state index contributed by atoms with van der Waals surface area (Å²) in [5, 5.41) is 9.02. The van der Waals surface area contributed by atoms with Gasteiger partial charge in [-0.2, -0.15) is 0 Å². The van der Waals surface area contributed by atoms with E-state index in [9.17, 15) is 14.4 Å². The molecule has 6 heteroatoms. The molecule has 0 radical (unpaired) electrons. The Morgan fingerprint density at radius 3 is 2.20 bits per heavy atom. The number of ether oxygens (including phenoxy) is 2. The molecule has 1 rings (SSSR count). The second-order valence-corrected chi connectivity index (χ2v) is 4.52. The van der Waals surface area contributed by atoms with E-state index in [1.54, 1.807) is 0 Å². The van der Waals surface area contributed by atoms with E-state index in [1.165, 1.54) is 6.92 Å². The van der Waals surface area contributed by atoms with Crippen LogP contribution in [0.15, 0.2) is 23.3 Å². The van der Waals surface area contributed by atoms with Gasteiger partial charge in [-0.1, -0.05) is 6.58 Å². The maximum Gasteiger partial charge on any atom is 0.334 e. The van der Waals surface area contributed by atoms with Crippen LogP contribution in [-0.2, 0) is 23.9 Å². The Bertz CT molecular complexity index is 460. The third kappa shape index (κ3) is 4.53. The maximum absolute atomic E-state index is 11.8. The molecule has 0 aromatic heterocycles. The minimum absolute atomic E-state index is 0.0763. The summed E-state index contributed by atoms with van der Waals surface area (Å²) in [7, 11) is 0. The molecule has 1 aliphatic rings. The van der Waals surface area contributed by atoms with Crippen LogP contribution in [0.1, 0.15) is 32.6 Å². The zero-order valence-corrected chi connectivity index (χ0v) is 11.4. The Kier molecular flexibility index (Phi) is 5.96. The van der Waals surface area contributed by atoms with E-state index < -0.39 is 17.9 Å². The van der Waals surface area contributed by atoms with E-state index in [0.717, 1.165) is 12.8 Å². The van der Waals surface area contributed by atoms with Gasteiger partial charge in [0.2, 0.25) is 0 Å². The summed E-state index contributed by atoms with van der Waals surface area (Å²) in [6.07, 6.45) is 2.32.